The smallest absolute Gasteiger partial charge is 0.326 e. The third-order valence-electron chi connectivity index (χ3n) is 2.66. The Bertz CT molecular complexity index is 543. The molecule has 1 aromatic carbocycles. The van der Waals surface area contributed by atoms with Crippen molar-refractivity contribution in [1.29, 1.82) is 0 Å². The third-order valence-corrected chi connectivity index (χ3v) is 3.32. The van der Waals surface area contributed by atoms with Gasteiger partial charge in [-0.25, -0.2) is 9.18 Å². The first kappa shape index (κ1) is 17.1. The molecular weight excluding hydrogens is 349 g/mol. The lowest BCUT2D eigenvalue weighted by Crippen LogP contribution is -2.41. The predicted octanol–water partition coefficient (Wildman–Crippen LogP) is 1.72. The number of rotatable bonds is 6. The van der Waals surface area contributed by atoms with Crippen LogP contribution in [0, 0.1) is 5.82 Å². The Kier molecular flexibility index (Phi) is 6.29. The minimum Gasteiger partial charge on any atom is -0.480 e. The zero-order chi connectivity index (χ0) is 16.0. The van der Waals surface area contributed by atoms with E-state index in [1.807, 2.05) is 0 Å². The van der Waals surface area contributed by atoms with Gasteiger partial charge in [0.15, 0.2) is 0 Å². The van der Waals surface area contributed by atoms with Gasteiger partial charge in [-0.15, -0.1) is 0 Å². The number of aliphatic carboxylic acids is 1. The molecular formula is C13H13BrFNO5. The van der Waals surface area contributed by atoms with E-state index in [0.29, 0.717) is 0 Å². The van der Waals surface area contributed by atoms with E-state index in [2.05, 4.69) is 26.0 Å². The summed E-state index contributed by atoms with van der Waals surface area (Å²) in [6.07, 6.45) is -0.327. The summed E-state index contributed by atoms with van der Waals surface area (Å²) in [5.74, 6) is -3.57. The second-order valence-electron chi connectivity index (χ2n) is 4.08. The van der Waals surface area contributed by atoms with E-state index in [-0.39, 0.29) is 22.9 Å². The molecule has 8 heteroatoms. The van der Waals surface area contributed by atoms with E-state index in [1.54, 1.807) is 0 Å². The van der Waals surface area contributed by atoms with Crippen LogP contribution in [0.1, 0.15) is 23.2 Å². The van der Waals surface area contributed by atoms with Gasteiger partial charge < -0.3 is 15.2 Å². The number of ether oxygens (including phenoxy) is 1. The van der Waals surface area contributed by atoms with Crippen molar-refractivity contribution < 1.29 is 28.6 Å². The molecule has 0 bridgehead atoms. The molecule has 0 saturated heterocycles. The molecule has 0 aromatic heterocycles. The van der Waals surface area contributed by atoms with Gasteiger partial charge in [0.2, 0.25) is 0 Å². The van der Waals surface area contributed by atoms with Gasteiger partial charge in [-0.3, -0.25) is 9.59 Å². The van der Waals surface area contributed by atoms with Crippen LogP contribution in [0.2, 0.25) is 0 Å². The van der Waals surface area contributed by atoms with Crippen molar-refractivity contribution in [2.45, 2.75) is 18.9 Å². The highest BCUT2D eigenvalue weighted by atomic mass is 79.9. The summed E-state index contributed by atoms with van der Waals surface area (Å²) in [4.78, 5) is 34.0. The molecule has 0 spiro atoms. The van der Waals surface area contributed by atoms with Crippen LogP contribution in [-0.4, -0.2) is 36.1 Å². The lowest BCUT2D eigenvalue weighted by Gasteiger charge is -2.15. The van der Waals surface area contributed by atoms with Crippen LogP contribution in [-0.2, 0) is 14.3 Å². The van der Waals surface area contributed by atoms with Crippen molar-refractivity contribution in [3.8, 4) is 0 Å². The first-order valence-corrected chi connectivity index (χ1v) is 6.70. The molecule has 0 fully saturated rings. The Balaban J connectivity index is 2.82. The van der Waals surface area contributed by atoms with E-state index in [4.69, 9.17) is 5.11 Å². The predicted molar refractivity (Wildman–Crippen MR) is 74.2 cm³/mol. The fourth-order valence-corrected chi connectivity index (χ4v) is 2.09. The number of hydrogen-bond donors (Lipinski definition) is 2. The summed E-state index contributed by atoms with van der Waals surface area (Å²) < 4.78 is 18.2. The highest BCUT2D eigenvalue weighted by Crippen LogP contribution is 2.19. The molecule has 21 heavy (non-hydrogen) atoms. The number of carbonyl (C=O) groups excluding carboxylic acids is 2. The quantitative estimate of drug-likeness (QED) is 0.752. The largest absolute Gasteiger partial charge is 0.480 e. The van der Waals surface area contributed by atoms with Crippen LogP contribution in [0.3, 0.4) is 0 Å². The Morgan fingerprint density at radius 2 is 2.10 bits per heavy atom. The number of nitrogens with one attached hydrogen (secondary N) is 1. The molecule has 0 unspecified atom stereocenters. The number of hydrogen-bond acceptors (Lipinski definition) is 4. The topological polar surface area (TPSA) is 92.7 Å². The average molecular weight is 362 g/mol. The van der Waals surface area contributed by atoms with E-state index in [0.717, 1.165) is 6.07 Å². The van der Waals surface area contributed by atoms with Crippen molar-refractivity contribution >= 4 is 33.8 Å². The molecule has 0 aliphatic carbocycles. The molecule has 0 saturated carbocycles. The number of carboxylic acids is 1. The van der Waals surface area contributed by atoms with Crippen molar-refractivity contribution in [3.63, 3.8) is 0 Å². The molecule has 0 aliphatic rings. The summed E-state index contributed by atoms with van der Waals surface area (Å²) >= 11 is 3.03. The number of carbonyl (C=O) groups is 3. The zero-order valence-electron chi connectivity index (χ0n) is 11.1. The molecule has 1 aromatic rings. The van der Waals surface area contributed by atoms with E-state index < -0.39 is 29.7 Å². The van der Waals surface area contributed by atoms with Crippen molar-refractivity contribution in [2.75, 3.05) is 7.11 Å². The summed E-state index contributed by atoms with van der Waals surface area (Å²) in [7, 11) is 1.17. The monoisotopic (exact) mass is 361 g/mol. The van der Waals surface area contributed by atoms with Crippen LogP contribution in [0.4, 0.5) is 4.39 Å². The Labute approximate surface area is 128 Å². The highest BCUT2D eigenvalue weighted by Gasteiger charge is 2.24. The van der Waals surface area contributed by atoms with Crippen molar-refractivity contribution in [2.24, 2.45) is 0 Å². The normalized spacial score (nSPS) is 11.6. The minimum absolute atomic E-state index is 0.153. The maximum Gasteiger partial charge on any atom is 0.326 e. The average Bonchev–Trinajstić information content (AvgIpc) is 2.42. The number of methoxy groups -OCH3 is 1. The minimum atomic E-state index is -1.32. The van der Waals surface area contributed by atoms with Gasteiger partial charge in [0.1, 0.15) is 11.9 Å². The first-order chi connectivity index (χ1) is 9.86. The van der Waals surface area contributed by atoms with Crippen LogP contribution in [0.5, 0.6) is 0 Å². The molecule has 1 rings (SSSR count). The first-order valence-electron chi connectivity index (χ1n) is 5.91. The van der Waals surface area contributed by atoms with Crippen LogP contribution >= 0.6 is 15.9 Å². The lowest BCUT2D eigenvalue weighted by atomic mass is 10.1. The number of halogens is 2. The van der Waals surface area contributed by atoms with E-state index in [1.165, 1.54) is 19.2 Å². The zero-order valence-corrected chi connectivity index (χ0v) is 12.6. The Hall–Kier alpha value is -1.96. The number of esters is 1. The van der Waals surface area contributed by atoms with Crippen molar-refractivity contribution in [3.05, 3.63) is 34.1 Å². The Morgan fingerprint density at radius 3 is 2.62 bits per heavy atom. The summed E-state index contributed by atoms with van der Waals surface area (Å²) in [6.45, 7) is 0. The number of carboxylic acid groups (broad SMARTS) is 1. The second-order valence-corrected chi connectivity index (χ2v) is 4.93. The molecule has 1 atom stereocenters. The lowest BCUT2D eigenvalue weighted by molar-refractivity contribution is -0.142. The highest BCUT2D eigenvalue weighted by molar-refractivity contribution is 9.10. The van der Waals surface area contributed by atoms with Gasteiger partial charge in [0.25, 0.3) is 5.91 Å². The molecule has 0 heterocycles. The number of benzene rings is 1. The van der Waals surface area contributed by atoms with Crippen molar-refractivity contribution in [1.82, 2.24) is 5.32 Å². The maximum atomic E-state index is 13.6. The molecule has 1 amide bonds. The molecule has 2 N–H and O–H groups in total. The second kappa shape index (κ2) is 7.72. The summed E-state index contributed by atoms with van der Waals surface area (Å²) in [5.41, 5.74) is -0.290. The summed E-state index contributed by atoms with van der Waals surface area (Å²) in [6, 6.07) is 2.64. The van der Waals surface area contributed by atoms with Gasteiger partial charge in [0.05, 0.1) is 12.7 Å². The SMILES string of the molecule is COC(=O)CC[C@H](NC(=O)c1c(F)cccc1Br)C(=O)O. The van der Waals surface area contributed by atoms with Crippen LogP contribution in [0.15, 0.2) is 22.7 Å². The van der Waals surface area contributed by atoms with E-state index in [9.17, 15) is 18.8 Å². The molecule has 6 nitrogen and oxygen atoms in total. The third kappa shape index (κ3) is 4.82. The van der Waals surface area contributed by atoms with E-state index >= 15 is 0 Å². The van der Waals surface area contributed by atoms with Gasteiger partial charge in [-0.05, 0) is 34.5 Å². The number of amides is 1. The molecule has 0 radical (unpaired) electrons. The Morgan fingerprint density at radius 1 is 1.43 bits per heavy atom. The van der Waals surface area contributed by atoms with Gasteiger partial charge in [-0.1, -0.05) is 6.07 Å². The van der Waals surface area contributed by atoms with Crippen LogP contribution in [0.25, 0.3) is 0 Å². The maximum absolute atomic E-state index is 13.6. The van der Waals surface area contributed by atoms with Gasteiger partial charge in [0, 0.05) is 10.9 Å². The molecule has 0 aliphatic heterocycles. The fraction of sp³-hybridized carbons (Fsp3) is 0.308. The standard InChI is InChI=1S/C13H13BrFNO5/c1-21-10(17)6-5-9(13(19)20)16-12(18)11-7(14)3-2-4-8(11)15/h2-4,9H,5-6H2,1H3,(H,16,18)(H,19,20)/t9-/m0/s1. The molecule has 114 valence electrons. The van der Waals surface area contributed by atoms with Crippen LogP contribution < -0.4 is 5.32 Å². The summed E-state index contributed by atoms with van der Waals surface area (Å²) in [5, 5.41) is 11.2. The fourth-order valence-electron chi connectivity index (χ4n) is 1.57. The van der Waals surface area contributed by atoms with Gasteiger partial charge >= 0.3 is 11.9 Å². The van der Waals surface area contributed by atoms with Gasteiger partial charge in [-0.2, -0.15) is 0 Å².